The molecule has 4 rings (SSSR count). The maximum absolute atomic E-state index is 5.48. The molecule has 42 heavy (non-hydrogen) atoms. The van der Waals surface area contributed by atoms with Crippen LogP contribution in [0.3, 0.4) is 0 Å². The Hall–Kier alpha value is -3.24. The van der Waals surface area contributed by atoms with Gasteiger partial charge in [-0.25, -0.2) is 0 Å². The molecule has 8 nitrogen and oxygen atoms in total. The molecular weight excluding hydrogens is 588 g/mol. The minimum atomic E-state index is 0. The number of hydrogen-bond acceptors (Lipinski definition) is 8. The van der Waals surface area contributed by atoms with Gasteiger partial charge in [0.15, 0.2) is 0 Å². The van der Waals surface area contributed by atoms with Crippen LogP contribution >= 0.6 is 15.9 Å². The van der Waals surface area contributed by atoms with E-state index in [1.54, 1.807) is 18.6 Å². The van der Waals surface area contributed by atoms with Crippen LogP contribution in [0.1, 0.15) is 60.2 Å². The van der Waals surface area contributed by atoms with E-state index in [9.17, 15) is 0 Å². The number of unbranched alkanes of at least 4 members (excludes halogenated alkanes) is 6. The summed E-state index contributed by atoms with van der Waals surface area (Å²) in [5.41, 5.74) is 20.7. The molecule has 0 aliphatic heterocycles. The van der Waals surface area contributed by atoms with Crippen LogP contribution in [0.5, 0.6) is 0 Å². The quantitative estimate of drug-likeness (QED) is 0.105. The molecule has 0 aliphatic carbocycles. The lowest BCUT2D eigenvalue weighted by atomic mass is 10.2. The van der Waals surface area contributed by atoms with E-state index < -0.39 is 0 Å². The van der Waals surface area contributed by atoms with Gasteiger partial charge >= 0.3 is 0 Å². The van der Waals surface area contributed by atoms with Crippen molar-refractivity contribution in [3.63, 3.8) is 0 Å². The van der Waals surface area contributed by atoms with Gasteiger partial charge in [-0.05, 0) is 93.8 Å². The Labute approximate surface area is 262 Å². The molecule has 0 radical (unpaired) electrons. The summed E-state index contributed by atoms with van der Waals surface area (Å²) in [7, 11) is 0. The molecule has 0 atom stereocenters. The average Bonchev–Trinajstić information content (AvgIpc) is 3.03. The summed E-state index contributed by atoms with van der Waals surface area (Å²) in [5.74, 6) is 0. The third-order valence-corrected chi connectivity index (χ3v) is 6.45. The van der Waals surface area contributed by atoms with Gasteiger partial charge in [0.25, 0.3) is 0 Å². The van der Waals surface area contributed by atoms with Crippen molar-refractivity contribution < 1.29 is 1.43 Å². The Bertz CT molecular complexity index is 1180. The summed E-state index contributed by atoms with van der Waals surface area (Å²) in [6.07, 6.45) is 16.7. The molecule has 0 aromatic carbocycles. The zero-order chi connectivity index (χ0) is 29.4. The maximum atomic E-state index is 5.48. The molecule has 9 heteroatoms. The monoisotopic (exact) mass is 638 g/mol. The third kappa shape index (κ3) is 16.3. The van der Waals surface area contributed by atoms with E-state index in [4.69, 9.17) is 17.2 Å². The second-order valence-corrected chi connectivity index (χ2v) is 10.3. The normalized spacial score (nSPS) is 9.90. The van der Waals surface area contributed by atoms with Gasteiger partial charge in [0.1, 0.15) is 0 Å². The van der Waals surface area contributed by atoms with E-state index in [0.717, 1.165) is 78.4 Å². The fourth-order valence-corrected chi connectivity index (χ4v) is 4.09. The highest BCUT2D eigenvalue weighted by Gasteiger charge is 2.01. The Kier molecular flexibility index (Phi) is 21.3. The number of rotatable bonds is 14. The van der Waals surface area contributed by atoms with Gasteiger partial charge in [0.05, 0.1) is 22.8 Å². The van der Waals surface area contributed by atoms with E-state index >= 15 is 0 Å². The predicted molar refractivity (Wildman–Crippen MR) is 184 cm³/mol. The fraction of sp³-hybridized carbons (Fsp3) is 0.394. The van der Waals surface area contributed by atoms with Crippen LogP contribution in [0.15, 0.2) is 89.9 Å². The standard InChI is InChI=1S/C16H22N4.C10H7BrN2.C6H16N2.CH4.H2/c17-9-4-1-2-5-10-18-14-8-12-20-16(13-14)15-7-3-6-11-19-15;11-8-4-6-13-10(7-8)9-3-1-2-5-12-9;7-5-3-1-2-4-6-8;;/h3,6-8,11-13H,1-2,4-5,9-10,17H2,(H,18,20);1-7H;1-8H2;1H4;1H. The van der Waals surface area contributed by atoms with E-state index in [2.05, 4.69) is 41.2 Å². The Balaban J connectivity index is 0.000000663. The van der Waals surface area contributed by atoms with Crippen LogP contribution in [0.2, 0.25) is 0 Å². The summed E-state index contributed by atoms with van der Waals surface area (Å²) in [6, 6.07) is 19.5. The lowest BCUT2D eigenvalue weighted by Crippen LogP contribution is -2.03. The lowest BCUT2D eigenvalue weighted by molar-refractivity contribution is 0.653. The van der Waals surface area contributed by atoms with Crippen molar-refractivity contribution in [2.45, 2.75) is 58.8 Å². The average molecular weight is 640 g/mol. The first kappa shape index (κ1) is 36.8. The van der Waals surface area contributed by atoms with Crippen molar-refractivity contribution in [1.82, 2.24) is 19.9 Å². The van der Waals surface area contributed by atoms with Crippen LogP contribution in [0.25, 0.3) is 22.8 Å². The van der Waals surface area contributed by atoms with E-state index in [1.165, 1.54) is 32.1 Å². The first-order valence-corrected chi connectivity index (χ1v) is 15.2. The first-order valence-electron chi connectivity index (χ1n) is 14.4. The van der Waals surface area contributed by atoms with Crippen molar-refractivity contribution in [1.29, 1.82) is 0 Å². The molecule has 4 heterocycles. The third-order valence-electron chi connectivity index (χ3n) is 5.95. The van der Waals surface area contributed by atoms with E-state index in [0.29, 0.717) is 0 Å². The number of anilines is 1. The minimum absolute atomic E-state index is 0. The number of halogens is 1. The Morgan fingerprint density at radius 1 is 0.548 bits per heavy atom. The highest BCUT2D eigenvalue weighted by atomic mass is 79.9. The molecule has 0 bridgehead atoms. The second kappa shape index (κ2) is 24.4. The van der Waals surface area contributed by atoms with Gasteiger partial charge < -0.3 is 22.5 Å². The molecule has 0 saturated carbocycles. The number of nitrogens with one attached hydrogen (secondary N) is 1. The van der Waals surface area contributed by atoms with Crippen molar-refractivity contribution in [3.05, 3.63) is 89.9 Å². The van der Waals surface area contributed by atoms with Crippen molar-refractivity contribution in [3.8, 4) is 22.8 Å². The SMILES string of the molecule is Brc1ccnc(-c2ccccn2)c1.C.NCCCCCCN.NCCCCCCNc1ccnc(-c2ccccn2)c1.[HH]. The summed E-state index contributed by atoms with van der Waals surface area (Å²) in [6.45, 7) is 3.43. The van der Waals surface area contributed by atoms with E-state index in [-0.39, 0.29) is 8.85 Å². The number of pyridine rings is 4. The smallest absolute Gasteiger partial charge is 0.0906 e. The first-order chi connectivity index (χ1) is 20.2. The molecule has 0 spiro atoms. The van der Waals surface area contributed by atoms with Gasteiger partial charge in [-0.1, -0.05) is 61.2 Å². The van der Waals surface area contributed by atoms with Gasteiger partial charge in [-0.15, -0.1) is 0 Å². The lowest BCUT2D eigenvalue weighted by Gasteiger charge is -2.07. The Morgan fingerprint density at radius 2 is 1.02 bits per heavy atom. The van der Waals surface area contributed by atoms with Gasteiger partial charge in [-0.3, -0.25) is 19.9 Å². The maximum Gasteiger partial charge on any atom is 0.0906 e. The molecular formula is C33H51BrN8. The predicted octanol–water partition coefficient (Wildman–Crippen LogP) is 7.33. The molecule has 7 N–H and O–H groups in total. The summed E-state index contributed by atoms with van der Waals surface area (Å²) < 4.78 is 1.02. The van der Waals surface area contributed by atoms with Gasteiger partial charge in [0.2, 0.25) is 0 Å². The largest absolute Gasteiger partial charge is 0.385 e. The number of aromatic nitrogens is 4. The number of nitrogens with zero attached hydrogens (tertiary/aromatic N) is 4. The highest BCUT2D eigenvalue weighted by molar-refractivity contribution is 9.10. The minimum Gasteiger partial charge on any atom is -0.385 e. The summed E-state index contributed by atoms with van der Waals surface area (Å²) in [5, 5.41) is 3.43. The molecule has 4 aromatic heterocycles. The molecule has 0 fully saturated rings. The fourth-order valence-electron chi connectivity index (χ4n) is 3.75. The summed E-state index contributed by atoms with van der Waals surface area (Å²) >= 11 is 3.39. The highest BCUT2D eigenvalue weighted by Crippen LogP contribution is 2.18. The molecule has 0 unspecified atom stereocenters. The zero-order valence-corrected chi connectivity index (χ0v) is 25.6. The van der Waals surface area contributed by atoms with Crippen molar-refractivity contribution in [2.24, 2.45) is 17.2 Å². The van der Waals surface area contributed by atoms with Crippen LogP contribution in [0.4, 0.5) is 5.69 Å². The van der Waals surface area contributed by atoms with E-state index in [1.807, 2.05) is 66.9 Å². The molecule has 0 aliphatic rings. The molecule has 230 valence electrons. The van der Waals surface area contributed by atoms with Crippen LogP contribution in [-0.2, 0) is 0 Å². The number of hydrogen-bond donors (Lipinski definition) is 4. The molecule has 0 saturated heterocycles. The number of nitrogens with two attached hydrogens (primary N) is 3. The van der Waals surface area contributed by atoms with Crippen molar-refractivity contribution >= 4 is 21.6 Å². The van der Waals surface area contributed by atoms with Crippen LogP contribution < -0.4 is 22.5 Å². The molecule has 4 aromatic rings. The van der Waals surface area contributed by atoms with Gasteiger partial charge in [-0.2, -0.15) is 0 Å². The van der Waals surface area contributed by atoms with Crippen LogP contribution in [0, 0.1) is 0 Å². The van der Waals surface area contributed by atoms with Crippen LogP contribution in [-0.4, -0.2) is 46.1 Å². The second-order valence-electron chi connectivity index (χ2n) is 9.34. The van der Waals surface area contributed by atoms with Gasteiger partial charge in [0, 0.05) is 42.9 Å². The topological polar surface area (TPSA) is 142 Å². The van der Waals surface area contributed by atoms with Crippen molar-refractivity contribution in [2.75, 3.05) is 31.5 Å². The zero-order valence-electron chi connectivity index (χ0n) is 24.0. The Morgan fingerprint density at radius 3 is 1.50 bits per heavy atom. The summed E-state index contributed by atoms with van der Waals surface area (Å²) in [4.78, 5) is 17.1. The molecule has 0 amide bonds.